The largest absolute Gasteiger partial charge is 0.386 e. The molecule has 45 heavy (non-hydrogen) atoms. The maximum atomic E-state index is 14.2. The number of piperidine rings is 1. The Morgan fingerprint density at radius 3 is 2.36 bits per heavy atom. The van der Waals surface area contributed by atoms with Crippen LogP contribution in [0.15, 0.2) is 0 Å². The van der Waals surface area contributed by atoms with E-state index in [0.29, 0.717) is 25.7 Å². The lowest BCUT2D eigenvalue weighted by molar-refractivity contribution is -0.296. The molecule has 3 saturated heterocycles. The van der Waals surface area contributed by atoms with Gasteiger partial charge in [0.15, 0.2) is 12.6 Å². The Balaban J connectivity index is 1.86. The molecule has 0 aromatic heterocycles. The molecule has 264 valence electrons. The highest BCUT2D eigenvalue weighted by Gasteiger charge is 2.51. The predicted octanol–water partition coefficient (Wildman–Crippen LogP) is 3.32. The molecule has 2 N–H and O–H groups in total. The molecule has 10 atom stereocenters. The van der Waals surface area contributed by atoms with Gasteiger partial charge in [0, 0.05) is 44.7 Å². The highest BCUT2D eigenvalue weighted by molar-refractivity contribution is 5.87. The van der Waals surface area contributed by atoms with Gasteiger partial charge >= 0.3 is 0 Å². The van der Waals surface area contributed by atoms with Crippen molar-refractivity contribution < 1.29 is 38.3 Å². The fourth-order valence-corrected chi connectivity index (χ4v) is 7.67. The van der Waals surface area contributed by atoms with Crippen LogP contribution in [0.25, 0.3) is 0 Å². The molecular formula is C34H64FN3O7. The van der Waals surface area contributed by atoms with Gasteiger partial charge in [-0.1, -0.05) is 13.8 Å². The van der Waals surface area contributed by atoms with Gasteiger partial charge in [-0.2, -0.15) is 0 Å². The van der Waals surface area contributed by atoms with Crippen molar-refractivity contribution in [1.82, 2.24) is 14.7 Å². The molecule has 11 heteroatoms. The number of carbonyl (C=O) groups is 1. The number of hydrogen-bond acceptors (Lipinski definition) is 10. The highest BCUT2D eigenvalue weighted by atomic mass is 19.1. The van der Waals surface area contributed by atoms with E-state index in [2.05, 4.69) is 23.8 Å². The number of Topliss-reactive ketones (excluding diaryl/α,β-unsaturated/α-hetero) is 1. The first kappa shape index (κ1) is 38.7. The minimum Gasteiger partial charge on any atom is -0.386 e. The van der Waals surface area contributed by atoms with Crippen LogP contribution in [0.4, 0.5) is 4.39 Å². The summed E-state index contributed by atoms with van der Waals surface area (Å²) in [4.78, 5) is 20.8. The molecule has 0 bridgehead atoms. The molecule has 3 fully saturated rings. The molecule has 10 nitrogen and oxygen atoms in total. The Hall–Kier alpha value is -0.760. The van der Waals surface area contributed by atoms with Crippen LogP contribution in [0, 0.1) is 17.3 Å². The summed E-state index contributed by atoms with van der Waals surface area (Å²) in [6, 6.07) is -0.138. The standard InChI is InChI=1S/C34H64FN3O7/c1-22-19-34(6,42-10)30(45-31-28(39)27(36(7)8)18-23(2)44-31)24(3)29(40)33(4,5)32(41)43-21-26(37(9)20-22)12-11-15-38-16-13-25(35)14-17-38/h22-28,30-32,39,41H,11-21H2,1-10H3/t22-,23-,24+,26+,27+,28-,30-,31+,32?,34-/m1/s1. The predicted molar refractivity (Wildman–Crippen MR) is 173 cm³/mol. The fraction of sp³-hybridized carbons (Fsp3) is 0.971. The van der Waals surface area contributed by atoms with Crippen molar-refractivity contribution >= 4 is 5.78 Å². The van der Waals surface area contributed by atoms with Gasteiger partial charge in [0.25, 0.3) is 0 Å². The number of hydrogen-bond donors (Lipinski definition) is 2. The van der Waals surface area contributed by atoms with Crippen LogP contribution in [-0.2, 0) is 23.7 Å². The van der Waals surface area contributed by atoms with E-state index in [-0.39, 0.29) is 36.5 Å². The maximum Gasteiger partial charge on any atom is 0.185 e. The van der Waals surface area contributed by atoms with Gasteiger partial charge < -0.3 is 43.9 Å². The first-order chi connectivity index (χ1) is 21.0. The van der Waals surface area contributed by atoms with E-state index in [1.165, 1.54) is 0 Å². The summed E-state index contributed by atoms with van der Waals surface area (Å²) in [5.74, 6) is -0.758. The van der Waals surface area contributed by atoms with Gasteiger partial charge in [0.1, 0.15) is 18.1 Å². The van der Waals surface area contributed by atoms with Crippen molar-refractivity contribution in [3.63, 3.8) is 0 Å². The zero-order chi connectivity index (χ0) is 33.7. The third-order valence-electron chi connectivity index (χ3n) is 10.7. The molecule has 3 aliphatic rings. The van der Waals surface area contributed by atoms with Gasteiger partial charge in [0.05, 0.1) is 29.8 Å². The second-order valence-corrected chi connectivity index (χ2v) is 15.3. The van der Waals surface area contributed by atoms with Crippen LogP contribution in [-0.4, -0.2) is 146 Å². The van der Waals surface area contributed by atoms with Crippen LogP contribution in [0.2, 0.25) is 0 Å². The minimum atomic E-state index is -1.32. The molecule has 0 aromatic carbocycles. The average Bonchev–Trinajstić information content (AvgIpc) is 2.98. The quantitative estimate of drug-likeness (QED) is 0.409. The average molecular weight is 646 g/mol. The van der Waals surface area contributed by atoms with Crippen molar-refractivity contribution in [3.05, 3.63) is 0 Å². The van der Waals surface area contributed by atoms with Crippen LogP contribution in [0.3, 0.4) is 0 Å². The molecular weight excluding hydrogens is 581 g/mol. The molecule has 3 rings (SSSR count). The number of ketones is 1. The normalized spacial score (nSPS) is 40.6. The van der Waals surface area contributed by atoms with Crippen molar-refractivity contribution in [2.45, 2.75) is 135 Å². The second-order valence-electron chi connectivity index (χ2n) is 15.3. The SMILES string of the molecule is CO[C@]1(C)C[C@@H](C)CN(C)[C@@H](CCCN2CCC(F)CC2)COC(O)C(C)(C)C(=O)[C@H](C)[C@H]1O[C@@H]1O[C@H](C)C[C@H](N(C)C)[C@H]1O. The smallest absolute Gasteiger partial charge is 0.185 e. The summed E-state index contributed by atoms with van der Waals surface area (Å²) in [5.41, 5.74) is -2.14. The van der Waals surface area contributed by atoms with Crippen molar-refractivity contribution in [3.8, 4) is 0 Å². The number of halogens is 1. The summed E-state index contributed by atoms with van der Waals surface area (Å²) < 4.78 is 38.7. The summed E-state index contributed by atoms with van der Waals surface area (Å²) >= 11 is 0. The monoisotopic (exact) mass is 645 g/mol. The molecule has 0 radical (unpaired) electrons. The minimum absolute atomic E-state index is 0.0287. The van der Waals surface area contributed by atoms with Gasteiger partial charge in [-0.3, -0.25) is 4.79 Å². The van der Waals surface area contributed by atoms with E-state index < -0.39 is 47.9 Å². The van der Waals surface area contributed by atoms with E-state index >= 15 is 0 Å². The number of likely N-dealkylation sites (N-methyl/N-ethyl adjacent to an activating group) is 2. The van der Waals surface area contributed by atoms with Crippen molar-refractivity contribution in [2.24, 2.45) is 17.3 Å². The number of rotatable bonds is 8. The Bertz CT molecular complexity index is 920. The number of alkyl halides is 1. The molecule has 3 heterocycles. The van der Waals surface area contributed by atoms with Crippen molar-refractivity contribution in [1.29, 1.82) is 0 Å². The molecule has 1 unspecified atom stereocenters. The molecule has 0 aliphatic carbocycles. The zero-order valence-electron chi connectivity index (χ0n) is 29.7. The van der Waals surface area contributed by atoms with Crippen LogP contribution >= 0.6 is 0 Å². The van der Waals surface area contributed by atoms with Gasteiger partial charge in [0.2, 0.25) is 0 Å². The second kappa shape index (κ2) is 16.6. The maximum absolute atomic E-state index is 14.2. The van der Waals surface area contributed by atoms with Crippen LogP contribution in [0.1, 0.15) is 80.1 Å². The molecule has 0 spiro atoms. The number of ether oxygens (including phenoxy) is 4. The summed E-state index contributed by atoms with van der Waals surface area (Å²) in [6.07, 6.45) is -0.557. The van der Waals surface area contributed by atoms with Crippen LogP contribution in [0.5, 0.6) is 0 Å². The molecule has 0 aromatic rings. The van der Waals surface area contributed by atoms with Gasteiger partial charge in [-0.15, -0.1) is 0 Å². The number of nitrogens with zero attached hydrogens (tertiary/aromatic N) is 3. The van der Waals surface area contributed by atoms with E-state index in [1.54, 1.807) is 21.0 Å². The Morgan fingerprint density at radius 1 is 1.11 bits per heavy atom. The topological polar surface area (TPSA) is 104 Å². The van der Waals surface area contributed by atoms with Crippen LogP contribution < -0.4 is 0 Å². The number of carbonyl (C=O) groups excluding carboxylic acids is 1. The van der Waals surface area contributed by atoms with E-state index in [0.717, 1.165) is 39.0 Å². The Kier molecular flexibility index (Phi) is 14.2. The van der Waals surface area contributed by atoms with E-state index in [1.807, 2.05) is 39.8 Å². The lowest BCUT2D eigenvalue weighted by Crippen LogP contribution is -2.59. The molecule has 3 aliphatic heterocycles. The summed E-state index contributed by atoms with van der Waals surface area (Å²) in [6.45, 7) is 14.9. The summed E-state index contributed by atoms with van der Waals surface area (Å²) in [5, 5.41) is 22.6. The first-order valence-electron chi connectivity index (χ1n) is 17.1. The van der Waals surface area contributed by atoms with E-state index in [9.17, 15) is 19.4 Å². The summed E-state index contributed by atoms with van der Waals surface area (Å²) in [7, 11) is 7.58. The van der Waals surface area contributed by atoms with Crippen molar-refractivity contribution in [2.75, 3.05) is 61.0 Å². The number of aliphatic hydroxyl groups excluding tert-OH is 2. The molecule has 0 saturated carbocycles. The number of likely N-dealkylation sites (tertiary alicyclic amines) is 1. The lowest BCUT2D eigenvalue weighted by atomic mass is 9.74. The number of methoxy groups -OCH3 is 1. The third-order valence-corrected chi connectivity index (χ3v) is 10.7. The fourth-order valence-electron chi connectivity index (χ4n) is 7.67. The number of aliphatic hydroxyl groups is 2. The molecule has 0 amide bonds. The zero-order valence-corrected chi connectivity index (χ0v) is 29.7. The van der Waals surface area contributed by atoms with Gasteiger partial charge in [-0.05, 0) is 99.8 Å². The first-order valence-corrected chi connectivity index (χ1v) is 17.1. The Morgan fingerprint density at radius 2 is 1.76 bits per heavy atom. The Labute approximate surface area is 271 Å². The third kappa shape index (κ3) is 9.89. The van der Waals surface area contributed by atoms with E-state index in [4.69, 9.17) is 18.9 Å². The highest BCUT2D eigenvalue weighted by Crippen LogP contribution is 2.39. The van der Waals surface area contributed by atoms with Gasteiger partial charge in [-0.25, -0.2) is 4.39 Å². The lowest BCUT2D eigenvalue weighted by Gasteiger charge is -2.47.